The minimum absolute atomic E-state index is 0.140. The Balaban J connectivity index is 2.36. The van der Waals surface area contributed by atoms with Crippen molar-refractivity contribution >= 4 is 5.95 Å². The third-order valence-electron chi connectivity index (χ3n) is 3.04. The van der Waals surface area contributed by atoms with Gasteiger partial charge in [-0.05, 0) is 44.5 Å². The van der Waals surface area contributed by atoms with Gasteiger partial charge < -0.3 is 10.1 Å². The highest BCUT2D eigenvalue weighted by Crippen LogP contribution is 2.21. The number of hydrogen-bond donors (Lipinski definition) is 1. The van der Waals surface area contributed by atoms with E-state index in [9.17, 15) is 4.39 Å². The highest BCUT2D eigenvalue weighted by molar-refractivity contribution is 5.48. The van der Waals surface area contributed by atoms with E-state index in [0.717, 1.165) is 22.9 Å². The summed E-state index contributed by atoms with van der Waals surface area (Å²) in [4.78, 5) is 4.48. The molecular formula is C15H20FN3O. The monoisotopic (exact) mass is 277 g/mol. The summed E-state index contributed by atoms with van der Waals surface area (Å²) >= 11 is 0. The van der Waals surface area contributed by atoms with E-state index >= 15 is 0 Å². The summed E-state index contributed by atoms with van der Waals surface area (Å²) in [7, 11) is 1.67. The Kier molecular flexibility index (Phi) is 4.39. The molecule has 0 aliphatic heterocycles. The van der Waals surface area contributed by atoms with Crippen LogP contribution in [-0.2, 0) is 4.74 Å². The van der Waals surface area contributed by atoms with Crippen molar-refractivity contribution in [3.63, 3.8) is 0 Å². The third kappa shape index (κ3) is 3.17. The third-order valence-corrected chi connectivity index (χ3v) is 3.04. The summed E-state index contributed by atoms with van der Waals surface area (Å²) in [6.07, 6.45) is 1.93. The molecule has 1 aromatic heterocycles. The molecule has 0 saturated carbocycles. The average molecular weight is 277 g/mol. The Labute approximate surface area is 118 Å². The topological polar surface area (TPSA) is 39.1 Å². The predicted molar refractivity (Wildman–Crippen MR) is 78.0 cm³/mol. The van der Waals surface area contributed by atoms with Crippen molar-refractivity contribution in [1.29, 1.82) is 0 Å². The van der Waals surface area contributed by atoms with E-state index in [0.29, 0.717) is 6.61 Å². The van der Waals surface area contributed by atoms with Crippen LogP contribution >= 0.6 is 0 Å². The Hall–Kier alpha value is -1.88. The first-order valence-corrected chi connectivity index (χ1v) is 6.59. The van der Waals surface area contributed by atoms with Crippen LogP contribution in [-0.4, -0.2) is 29.3 Å². The van der Waals surface area contributed by atoms with Crippen LogP contribution in [0.3, 0.4) is 0 Å². The number of imidazole rings is 1. The second-order valence-corrected chi connectivity index (χ2v) is 5.01. The molecule has 0 amide bonds. The van der Waals surface area contributed by atoms with Crippen molar-refractivity contribution in [2.45, 2.75) is 26.8 Å². The average Bonchev–Trinajstić information content (AvgIpc) is 2.70. The van der Waals surface area contributed by atoms with Gasteiger partial charge >= 0.3 is 0 Å². The molecule has 2 aromatic rings. The van der Waals surface area contributed by atoms with E-state index in [-0.39, 0.29) is 11.9 Å². The highest BCUT2D eigenvalue weighted by atomic mass is 19.1. The number of hydrogen-bond acceptors (Lipinski definition) is 3. The maximum atomic E-state index is 13.2. The normalized spacial score (nSPS) is 12.4. The van der Waals surface area contributed by atoms with E-state index in [1.807, 2.05) is 31.5 Å². The number of anilines is 1. The maximum Gasteiger partial charge on any atom is 0.208 e. The molecule has 0 saturated heterocycles. The van der Waals surface area contributed by atoms with E-state index in [4.69, 9.17) is 4.74 Å². The van der Waals surface area contributed by atoms with Crippen molar-refractivity contribution in [2.24, 2.45) is 0 Å². The Morgan fingerprint density at radius 1 is 1.40 bits per heavy atom. The summed E-state index contributed by atoms with van der Waals surface area (Å²) < 4.78 is 20.3. The van der Waals surface area contributed by atoms with Crippen LogP contribution in [0.1, 0.15) is 18.2 Å². The van der Waals surface area contributed by atoms with Crippen LogP contribution in [0.15, 0.2) is 24.4 Å². The number of ether oxygens (including phenoxy) is 1. The molecular weight excluding hydrogens is 257 g/mol. The quantitative estimate of drug-likeness (QED) is 0.913. The largest absolute Gasteiger partial charge is 0.383 e. The molecule has 1 N–H and O–H groups in total. The number of aromatic nitrogens is 2. The number of nitrogens with zero attached hydrogens (tertiary/aromatic N) is 2. The van der Waals surface area contributed by atoms with Crippen LogP contribution < -0.4 is 5.32 Å². The highest BCUT2D eigenvalue weighted by Gasteiger charge is 2.12. The molecule has 5 heteroatoms. The maximum absolute atomic E-state index is 13.2. The van der Waals surface area contributed by atoms with Gasteiger partial charge in [-0.1, -0.05) is 0 Å². The molecule has 0 aliphatic carbocycles. The number of benzene rings is 1. The molecule has 108 valence electrons. The molecule has 0 fully saturated rings. The number of nitrogens with one attached hydrogen (secondary N) is 1. The van der Waals surface area contributed by atoms with Gasteiger partial charge in [-0.25, -0.2) is 9.37 Å². The van der Waals surface area contributed by atoms with E-state index in [1.165, 1.54) is 12.1 Å². The molecule has 20 heavy (non-hydrogen) atoms. The fourth-order valence-corrected chi connectivity index (χ4v) is 2.18. The van der Waals surface area contributed by atoms with Crippen molar-refractivity contribution in [1.82, 2.24) is 9.55 Å². The number of methoxy groups -OCH3 is 1. The first kappa shape index (κ1) is 14.5. The van der Waals surface area contributed by atoms with Crippen molar-refractivity contribution in [2.75, 3.05) is 19.0 Å². The zero-order valence-electron chi connectivity index (χ0n) is 12.3. The summed E-state index contributed by atoms with van der Waals surface area (Å²) in [6.45, 7) is 6.43. The Morgan fingerprint density at radius 2 is 2.15 bits per heavy atom. The van der Waals surface area contributed by atoms with E-state index < -0.39 is 0 Å². The van der Waals surface area contributed by atoms with Crippen molar-refractivity contribution < 1.29 is 9.13 Å². The fraction of sp³-hybridized carbons (Fsp3) is 0.400. The molecule has 0 spiro atoms. The van der Waals surface area contributed by atoms with Gasteiger partial charge in [0, 0.05) is 19.3 Å². The van der Waals surface area contributed by atoms with Gasteiger partial charge in [-0.15, -0.1) is 0 Å². The summed E-state index contributed by atoms with van der Waals surface area (Å²) in [5.74, 6) is 0.507. The molecule has 0 radical (unpaired) electrons. The molecule has 0 bridgehead atoms. The number of rotatable bonds is 5. The van der Waals surface area contributed by atoms with Crippen LogP contribution in [0.2, 0.25) is 0 Å². The van der Waals surface area contributed by atoms with Gasteiger partial charge in [-0.3, -0.25) is 4.57 Å². The molecule has 0 aliphatic rings. The lowest BCUT2D eigenvalue weighted by atomic mass is 10.2. The lowest BCUT2D eigenvalue weighted by molar-refractivity contribution is 0.190. The smallest absolute Gasteiger partial charge is 0.208 e. The molecule has 1 heterocycles. The Bertz CT molecular complexity index is 595. The van der Waals surface area contributed by atoms with Gasteiger partial charge in [0.1, 0.15) is 5.82 Å². The van der Waals surface area contributed by atoms with Crippen molar-refractivity contribution in [3.05, 3.63) is 41.5 Å². The van der Waals surface area contributed by atoms with Gasteiger partial charge in [0.05, 0.1) is 18.0 Å². The zero-order chi connectivity index (χ0) is 14.7. The second-order valence-electron chi connectivity index (χ2n) is 5.01. The minimum atomic E-state index is -0.231. The predicted octanol–water partition coefficient (Wildman–Crippen LogP) is 3.08. The van der Waals surface area contributed by atoms with Gasteiger partial charge in [0.25, 0.3) is 0 Å². The van der Waals surface area contributed by atoms with Gasteiger partial charge in [-0.2, -0.15) is 0 Å². The first-order chi connectivity index (χ1) is 9.51. The Morgan fingerprint density at radius 3 is 2.80 bits per heavy atom. The summed E-state index contributed by atoms with van der Waals surface area (Å²) in [5.41, 5.74) is 2.69. The fourth-order valence-electron chi connectivity index (χ4n) is 2.18. The number of aryl methyl sites for hydroxylation is 2. The van der Waals surface area contributed by atoms with Gasteiger partial charge in [0.2, 0.25) is 5.95 Å². The summed E-state index contributed by atoms with van der Waals surface area (Å²) in [6, 6.07) is 4.88. The van der Waals surface area contributed by atoms with E-state index in [2.05, 4.69) is 10.3 Å². The van der Waals surface area contributed by atoms with Crippen LogP contribution in [0.5, 0.6) is 0 Å². The SMILES string of the molecule is COCC(C)Nc1nc(C)cn1-c1ccc(F)cc1C. The standard InChI is InChI=1S/C15H20FN3O/c1-10-7-13(16)5-6-14(10)19-8-11(2)17-15(19)18-12(3)9-20-4/h5-8,12H,9H2,1-4H3,(H,17,18). The first-order valence-electron chi connectivity index (χ1n) is 6.59. The lowest BCUT2D eigenvalue weighted by Crippen LogP contribution is -2.23. The molecule has 4 nitrogen and oxygen atoms in total. The second kappa shape index (κ2) is 6.05. The summed E-state index contributed by atoms with van der Waals surface area (Å²) in [5, 5.41) is 3.31. The molecule has 2 rings (SSSR count). The van der Waals surface area contributed by atoms with Crippen LogP contribution in [0, 0.1) is 19.7 Å². The molecule has 1 aromatic carbocycles. The van der Waals surface area contributed by atoms with E-state index in [1.54, 1.807) is 13.2 Å². The van der Waals surface area contributed by atoms with Crippen LogP contribution in [0.25, 0.3) is 5.69 Å². The molecule has 1 atom stereocenters. The molecule has 1 unspecified atom stereocenters. The number of halogens is 1. The lowest BCUT2D eigenvalue weighted by Gasteiger charge is -2.16. The van der Waals surface area contributed by atoms with Gasteiger partial charge in [0.15, 0.2) is 0 Å². The van der Waals surface area contributed by atoms with Crippen LogP contribution in [0.4, 0.5) is 10.3 Å². The minimum Gasteiger partial charge on any atom is -0.383 e. The zero-order valence-corrected chi connectivity index (χ0v) is 12.3. The van der Waals surface area contributed by atoms with Crippen molar-refractivity contribution in [3.8, 4) is 5.69 Å².